The highest BCUT2D eigenvalue weighted by Gasteiger charge is 2.18. The maximum Gasteiger partial charge on any atom is 0.227 e. The van der Waals surface area contributed by atoms with Crippen molar-refractivity contribution in [2.75, 3.05) is 10.2 Å². The molecule has 0 saturated heterocycles. The van der Waals surface area contributed by atoms with Gasteiger partial charge in [-0.1, -0.05) is 186 Å². The number of aromatic nitrogens is 6. The maximum absolute atomic E-state index is 6.01. The topological polar surface area (TPSA) is 119 Å². The van der Waals surface area contributed by atoms with Crippen molar-refractivity contribution in [3.05, 3.63) is 320 Å². The fourth-order valence-corrected chi connectivity index (χ4v) is 10.8. The molecule has 16 aromatic rings. The molecule has 0 aliphatic carbocycles. The third kappa shape index (κ3) is 12.4. The molecule has 1 N–H and O–H groups in total. The summed E-state index contributed by atoms with van der Waals surface area (Å²) in [5.41, 5.74) is 21.7. The lowest BCUT2D eigenvalue weighted by molar-refractivity contribution is 0.619. The van der Waals surface area contributed by atoms with Gasteiger partial charge in [-0.15, -0.1) is 0 Å². The number of hydrogen-bond acceptors (Lipinski definition) is 10. The summed E-state index contributed by atoms with van der Waals surface area (Å²) in [6.07, 6.45) is 0. The van der Waals surface area contributed by atoms with Gasteiger partial charge in [0, 0.05) is 66.3 Å². The zero-order valence-corrected chi connectivity index (χ0v) is 49.4. The maximum atomic E-state index is 6.01. The van der Waals surface area contributed by atoms with E-state index in [2.05, 4.69) is 170 Å². The predicted molar refractivity (Wildman–Crippen MR) is 365 cm³/mol. The minimum atomic E-state index is 0.610. The van der Waals surface area contributed by atoms with Gasteiger partial charge >= 0.3 is 0 Å². The normalized spacial score (nSPS) is 11.0. The van der Waals surface area contributed by atoms with Gasteiger partial charge in [0.2, 0.25) is 11.8 Å². The lowest BCUT2D eigenvalue weighted by atomic mass is 10.0. The SMILES string of the molecule is Brc1ccc(-c2nc3ccccc3o2)cc1.c1ccc(-c2nc3ccccc3nc2-c2ccc(N(c3ccccc3)c3ccc(-c4nc5ccccc5o4)cc3)cc2)cc1.c1ccc(Nc2ccc(-c3nc4ccccc4nc3-c3ccccc3)cc2)cc1. The van der Waals surface area contributed by atoms with Crippen LogP contribution in [0.2, 0.25) is 0 Å². The summed E-state index contributed by atoms with van der Waals surface area (Å²) in [4.78, 5) is 31.3. The van der Waals surface area contributed by atoms with Crippen LogP contribution in [0.3, 0.4) is 0 Å². The Balaban J connectivity index is 0.000000131. The number of anilines is 5. The number of benzene rings is 12. The number of halogens is 1. The summed E-state index contributed by atoms with van der Waals surface area (Å²) in [5.74, 6) is 1.27. The van der Waals surface area contributed by atoms with E-state index < -0.39 is 0 Å². The number of fused-ring (bicyclic) bond motifs is 4. The summed E-state index contributed by atoms with van der Waals surface area (Å²) < 4.78 is 12.7. The molecule has 10 nitrogen and oxygen atoms in total. The molecule has 4 heterocycles. The van der Waals surface area contributed by atoms with Crippen LogP contribution in [-0.4, -0.2) is 29.9 Å². The average molecular weight is 1210 g/mol. The van der Waals surface area contributed by atoms with Crippen LogP contribution in [0.5, 0.6) is 0 Å². The molecule has 0 bridgehead atoms. The van der Waals surface area contributed by atoms with Crippen LogP contribution in [0.15, 0.2) is 329 Å². The molecule has 0 atom stereocenters. The predicted octanol–water partition coefficient (Wildman–Crippen LogP) is 21.2. The Morgan fingerprint density at radius 1 is 0.247 bits per heavy atom. The molecule has 0 spiro atoms. The number of rotatable bonds is 11. The summed E-state index contributed by atoms with van der Waals surface area (Å²) in [7, 11) is 0. The highest BCUT2D eigenvalue weighted by atomic mass is 79.9. The Hall–Kier alpha value is -11.7. The summed E-state index contributed by atoms with van der Waals surface area (Å²) in [5, 5.41) is 3.42. The number of oxazole rings is 2. The van der Waals surface area contributed by atoms with Gasteiger partial charge in [0.1, 0.15) is 11.0 Å². The highest BCUT2D eigenvalue weighted by molar-refractivity contribution is 9.10. The van der Waals surface area contributed by atoms with Crippen LogP contribution in [0, 0.1) is 0 Å². The number of nitrogens with zero attached hydrogens (tertiary/aromatic N) is 7. The number of para-hydroxylation sites is 10. The van der Waals surface area contributed by atoms with Gasteiger partial charge in [0.15, 0.2) is 11.2 Å². The van der Waals surface area contributed by atoms with Gasteiger partial charge in [0.25, 0.3) is 0 Å². The van der Waals surface area contributed by atoms with E-state index in [0.717, 1.165) is 133 Å². The van der Waals surface area contributed by atoms with Crippen LogP contribution < -0.4 is 10.2 Å². The van der Waals surface area contributed by atoms with Crippen LogP contribution in [-0.2, 0) is 0 Å². The largest absolute Gasteiger partial charge is 0.436 e. The first kappa shape index (κ1) is 55.2. The molecule has 0 fully saturated rings. The van der Waals surface area contributed by atoms with Crippen LogP contribution in [0.4, 0.5) is 28.4 Å². The Kier molecular flexibility index (Phi) is 15.8. The first-order valence-electron chi connectivity index (χ1n) is 29.1. The standard InChI is InChI=1S/C39H26N4O.C26H19N3.C13H8BrNO/c1-3-11-27(12-4-1)37-38(41-34-16-8-7-15-33(34)40-37)28-19-23-31(24-20-28)43(30-13-5-2-6-14-30)32-25-21-29(22-26-32)39-42-35-17-9-10-18-36(35)44-39;1-3-9-19(10-4-1)25-26(29-24-14-8-7-13-23(24)28-25)20-15-17-22(18-16-20)27-21-11-5-2-6-12-21;14-10-7-5-9(6-8-10)13-15-11-3-1-2-4-12(11)16-13/h1-26H;1-18,27H;1-8H. The van der Waals surface area contributed by atoms with Crippen LogP contribution >= 0.6 is 15.9 Å². The van der Waals surface area contributed by atoms with E-state index in [0.29, 0.717) is 11.8 Å². The quantitative estimate of drug-likeness (QED) is 0.134. The molecule has 0 aliphatic rings. The van der Waals surface area contributed by atoms with Crippen LogP contribution in [0.25, 0.3) is 112 Å². The van der Waals surface area contributed by atoms with E-state index in [9.17, 15) is 0 Å². The van der Waals surface area contributed by atoms with E-state index in [1.54, 1.807) is 0 Å². The lowest BCUT2D eigenvalue weighted by Crippen LogP contribution is -2.09. The summed E-state index contributed by atoms with van der Waals surface area (Å²) >= 11 is 3.40. The first-order valence-corrected chi connectivity index (χ1v) is 29.9. The zero-order chi connectivity index (χ0) is 59.7. The molecule has 0 saturated carbocycles. The minimum Gasteiger partial charge on any atom is -0.436 e. The van der Waals surface area contributed by atoms with E-state index in [1.165, 1.54) is 0 Å². The van der Waals surface area contributed by atoms with Gasteiger partial charge in [-0.25, -0.2) is 29.9 Å². The number of nitrogens with one attached hydrogen (secondary N) is 1. The van der Waals surface area contributed by atoms with Gasteiger partial charge in [-0.3, -0.25) is 0 Å². The second-order valence-electron chi connectivity index (χ2n) is 20.9. The first-order chi connectivity index (χ1) is 44.0. The van der Waals surface area contributed by atoms with Crippen molar-refractivity contribution in [3.63, 3.8) is 0 Å². The van der Waals surface area contributed by atoms with Crippen molar-refractivity contribution < 1.29 is 8.83 Å². The zero-order valence-electron chi connectivity index (χ0n) is 47.8. The second-order valence-corrected chi connectivity index (χ2v) is 21.8. The molecule has 0 aliphatic heterocycles. The van der Waals surface area contributed by atoms with E-state index in [4.69, 9.17) is 28.8 Å². The monoisotopic (exact) mass is 1210 g/mol. The average Bonchev–Trinajstić information content (AvgIpc) is 3.10. The molecule has 0 amide bonds. The van der Waals surface area contributed by atoms with E-state index in [1.807, 2.05) is 182 Å². The Labute approximate surface area is 522 Å². The van der Waals surface area contributed by atoms with Crippen molar-refractivity contribution in [2.45, 2.75) is 0 Å². The molecule has 0 radical (unpaired) electrons. The second kappa shape index (κ2) is 25.5. The molecule has 4 aromatic heterocycles. The Bertz CT molecular complexity index is 4970. The van der Waals surface area contributed by atoms with E-state index in [-0.39, 0.29) is 0 Å². The van der Waals surface area contributed by atoms with Gasteiger partial charge in [-0.2, -0.15) is 0 Å². The molecule has 0 unspecified atom stereocenters. The molecule has 89 heavy (non-hydrogen) atoms. The molecule has 12 aromatic carbocycles. The highest BCUT2D eigenvalue weighted by Crippen LogP contribution is 2.39. The van der Waals surface area contributed by atoms with Gasteiger partial charge in [-0.05, 0) is 146 Å². The van der Waals surface area contributed by atoms with Crippen molar-refractivity contribution in [3.8, 4) is 67.9 Å². The molecular formula is C78H53BrN8O2. The third-order valence-corrected chi connectivity index (χ3v) is 15.4. The fraction of sp³-hybridized carbons (Fsp3) is 0. The summed E-state index contributed by atoms with van der Waals surface area (Å²) in [6.45, 7) is 0. The summed E-state index contributed by atoms with van der Waals surface area (Å²) in [6, 6.07) is 106. The van der Waals surface area contributed by atoms with Crippen molar-refractivity contribution in [2.24, 2.45) is 0 Å². The number of hydrogen-bond donors (Lipinski definition) is 1. The van der Waals surface area contributed by atoms with Crippen molar-refractivity contribution >= 4 is 88.6 Å². The van der Waals surface area contributed by atoms with Gasteiger partial charge in [0.05, 0.1) is 44.8 Å². The Morgan fingerprint density at radius 3 is 0.944 bits per heavy atom. The van der Waals surface area contributed by atoms with E-state index >= 15 is 0 Å². The Morgan fingerprint density at radius 2 is 0.539 bits per heavy atom. The van der Waals surface area contributed by atoms with Gasteiger partial charge < -0.3 is 19.1 Å². The molecule has 424 valence electrons. The minimum absolute atomic E-state index is 0.610. The fourth-order valence-electron chi connectivity index (χ4n) is 10.5. The lowest BCUT2D eigenvalue weighted by Gasteiger charge is -2.25. The molecule has 11 heteroatoms. The van der Waals surface area contributed by atoms with Crippen molar-refractivity contribution in [1.82, 2.24) is 29.9 Å². The molecule has 16 rings (SSSR count). The van der Waals surface area contributed by atoms with Crippen molar-refractivity contribution in [1.29, 1.82) is 0 Å². The third-order valence-electron chi connectivity index (χ3n) is 14.9. The molecular weight excluding hydrogens is 1160 g/mol. The smallest absolute Gasteiger partial charge is 0.227 e. The van der Waals surface area contributed by atoms with Crippen LogP contribution in [0.1, 0.15) is 0 Å².